The normalized spacial score (nSPS) is 14.8. The molecule has 0 fully saturated rings. The lowest BCUT2D eigenvalue weighted by Crippen LogP contribution is -2.27. The first kappa shape index (κ1) is 41.0. The van der Waals surface area contributed by atoms with Gasteiger partial charge in [0.15, 0.2) is 0 Å². The molecule has 0 N–H and O–H groups in total. The Morgan fingerprint density at radius 3 is 1.40 bits per heavy atom. The molecule has 0 saturated heterocycles. The van der Waals surface area contributed by atoms with Gasteiger partial charge in [-0.2, -0.15) is 0 Å². The van der Waals surface area contributed by atoms with Gasteiger partial charge in [-0.1, -0.05) is 207 Å². The van der Waals surface area contributed by atoms with Crippen LogP contribution in [0, 0.1) is 12.8 Å². The van der Waals surface area contributed by atoms with Gasteiger partial charge in [0.25, 0.3) is 0 Å². The van der Waals surface area contributed by atoms with E-state index in [1.165, 1.54) is 88.2 Å². The fraction of sp³-hybridized carbons (Fsp3) is 0.0606. The van der Waals surface area contributed by atoms with Crippen LogP contribution in [0.25, 0.3) is 60.1 Å². The summed E-state index contributed by atoms with van der Waals surface area (Å²) in [6.07, 6.45) is 4.92. The van der Waals surface area contributed by atoms with E-state index in [2.05, 4.69) is 278 Å². The van der Waals surface area contributed by atoms with E-state index in [0.29, 0.717) is 0 Å². The molecule has 0 radical (unpaired) electrons. The van der Waals surface area contributed by atoms with Crippen LogP contribution in [0.4, 0.5) is 28.4 Å². The van der Waals surface area contributed by atoms with E-state index < -0.39 is 0 Å². The van der Waals surface area contributed by atoms with Crippen molar-refractivity contribution < 1.29 is 0 Å². The average Bonchev–Trinajstić information content (AvgIpc) is 3.41. The van der Waals surface area contributed by atoms with Gasteiger partial charge in [0.05, 0.1) is 17.1 Å². The van der Waals surface area contributed by atoms with E-state index in [1.807, 2.05) is 0 Å². The number of anilines is 5. The lowest BCUT2D eigenvalue weighted by molar-refractivity contribution is 0.590. The number of benzene rings is 11. The van der Waals surface area contributed by atoms with Crippen LogP contribution in [0.1, 0.15) is 29.5 Å². The quantitative estimate of drug-likeness (QED) is 0.126. The monoisotopic (exact) mass is 870 g/mol. The molecule has 1 aliphatic carbocycles. The molecular weight excluding hydrogens is 821 g/mol. The zero-order chi connectivity index (χ0) is 45.6. The molecule has 0 spiro atoms. The van der Waals surface area contributed by atoms with Gasteiger partial charge in [-0.15, -0.1) is 0 Å². The maximum Gasteiger partial charge on any atom is 0.0540 e. The molecule has 0 aromatic heterocycles. The Balaban J connectivity index is 1.09. The Morgan fingerprint density at radius 1 is 0.382 bits per heavy atom. The number of para-hydroxylation sites is 2. The number of rotatable bonds is 10. The first-order valence-electron chi connectivity index (χ1n) is 23.8. The fourth-order valence-electron chi connectivity index (χ4n) is 10.8. The van der Waals surface area contributed by atoms with Gasteiger partial charge in [0.2, 0.25) is 0 Å². The molecule has 11 aromatic carbocycles. The Labute approximate surface area is 399 Å². The van der Waals surface area contributed by atoms with Gasteiger partial charge < -0.3 is 9.80 Å². The van der Waals surface area contributed by atoms with E-state index in [-0.39, 0.29) is 11.8 Å². The fourth-order valence-corrected chi connectivity index (χ4v) is 10.8. The Bertz CT molecular complexity index is 3620. The van der Waals surface area contributed by atoms with Gasteiger partial charge in [-0.25, -0.2) is 0 Å². The van der Waals surface area contributed by atoms with Gasteiger partial charge in [0.1, 0.15) is 0 Å². The molecule has 0 aliphatic heterocycles. The van der Waals surface area contributed by atoms with Gasteiger partial charge in [-0.05, 0) is 128 Å². The van der Waals surface area contributed by atoms with Crippen LogP contribution >= 0.6 is 0 Å². The van der Waals surface area contributed by atoms with Gasteiger partial charge in [0, 0.05) is 39.7 Å². The molecule has 2 atom stereocenters. The molecule has 324 valence electrons. The van der Waals surface area contributed by atoms with Crippen LogP contribution in [-0.2, 0) is 0 Å². The highest BCUT2D eigenvalue weighted by molar-refractivity contribution is 6.28. The van der Waals surface area contributed by atoms with E-state index >= 15 is 0 Å². The SMILES string of the molecule is Cc1c(-c2ccccc2)cc(-c2ccccc2)cc1N(c1ccccc1)c1ccc2ccc3ccc(N(C4=CC(c5ccccc5)=CC(c5ccccc5)C4C)c4ccccc4)c4ccc1c2c34. The summed E-state index contributed by atoms with van der Waals surface area (Å²) in [7, 11) is 0. The molecule has 2 nitrogen and oxygen atoms in total. The molecule has 0 heterocycles. The van der Waals surface area contributed by atoms with E-state index in [0.717, 1.165) is 22.7 Å². The molecular formula is C66H50N2. The van der Waals surface area contributed by atoms with Gasteiger partial charge in [-0.3, -0.25) is 0 Å². The van der Waals surface area contributed by atoms with Crippen LogP contribution in [0.5, 0.6) is 0 Å². The first-order chi connectivity index (χ1) is 33.6. The third kappa shape index (κ3) is 7.23. The summed E-state index contributed by atoms with van der Waals surface area (Å²) in [4.78, 5) is 5.04. The predicted molar refractivity (Wildman–Crippen MR) is 290 cm³/mol. The van der Waals surface area contributed by atoms with Crippen LogP contribution in [0.15, 0.2) is 261 Å². The molecule has 1 aliphatic rings. The van der Waals surface area contributed by atoms with Crippen molar-refractivity contribution in [3.05, 3.63) is 277 Å². The highest BCUT2D eigenvalue weighted by atomic mass is 15.2. The molecule has 12 rings (SSSR count). The second-order valence-corrected chi connectivity index (χ2v) is 18.1. The van der Waals surface area contributed by atoms with Crippen LogP contribution < -0.4 is 9.80 Å². The van der Waals surface area contributed by atoms with E-state index in [4.69, 9.17) is 0 Å². The molecule has 2 heteroatoms. The largest absolute Gasteiger partial charge is 0.313 e. The minimum absolute atomic E-state index is 0.172. The Hall–Kier alpha value is -8.46. The second kappa shape index (κ2) is 17.4. The topological polar surface area (TPSA) is 6.48 Å². The standard InChI is InChI=1S/C66H50N2/c1-45-59(49-25-13-5-14-26-49)41-53(47-21-9-3-10-22-47)43-63(45)67(55-29-17-7-18-30-55)61-39-35-51-33-34-52-36-40-62(58-38-37-57(61)65(51)66(52)58)68(56-31-19-8-20-32-56)64-44-54(48-23-11-4-12-24-48)42-60(46(64)2)50-27-15-6-16-28-50/h3-45,59H,1-2H3. The first-order valence-corrected chi connectivity index (χ1v) is 23.8. The van der Waals surface area contributed by atoms with Crippen LogP contribution in [0.3, 0.4) is 0 Å². The lowest BCUT2D eigenvalue weighted by Gasteiger charge is -2.38. The minimum Gasteiger partial charge on any atom is -0.313 e. The van der Waals surface area contributed by atoms with Crippen LogP contribution in [0.2, 0.25) is 0 Å². The number of allylic oxidation sites excluding steroid dienone is 4. The summed E-state index contributed by atoms with van der Waals surface area (Å²) < 4.78 is 0. The third-order valence-electron chi connectivity index (χ3n) is 14.2. The minimum atomic E-state index is 0.172. The van der Waals surface area contributed by atoms with E-state index in [9.17, 15) is 0 Å². The molecule has 0 amide bonds. The van der Waals surface area contributed by atoms with Crippen LogP contribution in [-0.4, -0.2) is 0 Å². The average molecular weight is 871 g/mol. The summed E-state index contributed by atoms with van der Waals surface area (Å²) in [6.45, 7) is 4.68. The summed E-state index contributed by atoms with van der Waals surface area (Å²) in [5.41, 5.74) is 16.8. The third-order valence-corrected chi connectivity index (χ3v) is 14.2. The maximum atomic E-state index is 2.54. The highest BCUT2D eigenvalue weighted by Gasteiger charge is 2.32. The van der Waals surface area contributed by atoms with Crippen molar-refractivity contribution in [1.82, 2.24) is 0 Å². The smallest absolute Gasteiger partial charge is 0.0540 e. The van der Waals surface area contributed by atoms with Crippen molar-refractivity contribution in [3.63, 3.8) is 0 Å². The lowest BCUT2D eigenvalue weighted by atomic mass is 9.78. The molecule has 11 aromatic rings. The summed E-state index contributed by atoms with van der Waals surface area (Å²) in [6, 6.07) is 88.8. The van der Waals surface area contributed by atoms with Gasteiger partial charge >= 0.3 is 0 Å². The molecule has 68 heavy (non-hydrogen) atoms. The van der Waals surface area contributed by atoms with Crippen molar-refractivity contribution in [3.8, 4) is 22.3 Å². The zero-order valence-corrected chi connectivity index (χ0v) is 38.3. The summed E-state index contributed by atoms with van der Waals surface area (Å²) in [5.74, 6) is 0.348. The highest BCUT2D eigenvalue weighted by Crippen LogP contribution is 2.51. The maximum absolute atomic E-state index is 2.54. The molecule has 0 bridgehead atoms. The zero-order valence-electron chi connectivity index (χ0n) is 38.3. The number of hydrogen-bond donors (Lipinski definition) is 0. The van der Waals surface area contributed by atoms with Crippen molar-refractivity contribution in [2.75, 3.05) is 9.80 Å². The predicted octanol–water partition coefficient (Wildman–Crippen LogP) is 18.2. The number of hydrogen-bond acceptors (Lipinski definition) is 2. The van der Waals surface area contributed by atoms with Crippen molar-refractivity contribution >= 4 is 66.3 Å². The van der Waals surface area contributed by atoms with E-state index in [1.54, 1.807) is 0 Å². The number of nitrogens with zero attached hydrogens (tertiary/aromatic N) is 2. The molecule has 2 unspecified atom stereocenters. The van der Waals surface area contributed by atoms with Crippen molar-refractivity contribution in [2.45, 2.75) is 19.8 Å². The Kier molecular flexibility index (Phi) is 10.5. The summed E-state index contributed by atoms with van der Waals surface area (Å²) >= 11 is 0. The Morgan fingerprint density at radius 2 is 0.838 bits per heavy atom. The second-order valence-electron chi connectivity index (χ2n) is 18.1. The molecule has 0 saturated carbocycles. The summed E-state index contributed by atoms with van der Waals surface area (Å²) in [5, 5.41) is 7.43. The van der Waals surface area contributed by atoms with Crippen molar-refractivity contribution in [2.24, 2.45) is 5.92 Å². The van der Waals surface area contributed by atoms with Crippen molar-refractivity contribution in [1.29, 1.82) is 0 Å².